The van der Waals surface area contributed by atoms with Crippen LogP contribution in [0.25, 0.3) is 11.0 Å². The van der Waals surface area contributed by atoms with Crippen molar-refractivity contribution in [3.8, 4) is 0 Å². The van der Waals surface area contributed by atoms with Gasteiger partial charge in [0.25, 0.3) is 11.5 Å². The summed E-state index contributed by atoms with van der Waals surface area (Å²) in [7, 11) is 1.70. The van der Waals surface area contributed by atoms with E-state index in [9.17, 15) is 14.4 Å². The highest BCUT2D eigenvalue weighted by molar-refractivity contribution is 6.30. The number of halogens is 1. The van der Waals surface area contributed by atoms with E-state index in [1.807, 2.05) is 19.1 Å². The number of hydrogen-bond donors (Lipinski definition) is 1. The molecule has 3 aromatic rings. The molecule has 1 N–H and O–H groups in total. The second kappa shape index (κ2) is 6.91. The third kappa shape index (κ3) is 3.22. The number of pyridine rings is 1. The molecule has 28 heavy (non-hydrogen) atoms. The first-order valence-electron chi connectivity index (χ1n) is 9.04. The van der Waals surface area contributed by atoms with Gasteiger partial charge in [0, 0.05) is 24.3 Å². The number of H-pyrrole nitrogens is 1. The number of hydrogen-bond acceptors (Lipinski definition) is 4. The van der Waals surface area contributed by atoms with Gasteiger partial charge in [0.2, 0.25) is 0 Å². The first-order chi connectivity index (χ1) is 13.4. The highest BCUT2D eigenvalue weighted by Gasteiger charge is 2.28. The average molecular weight is 399 g/mol. The number of carbonyl (C=O) groups excluding carboxylic acids is 1. The van der Waals surface area contributed by atoms with Gasteiger partial charge in [-0.1, -0.05) is 23.7 Å². The molecule has 0 spiro atoms. The Balaban J connectivity index is 1.70. The van der Waals surface area contributed by atoms with Crippen molar-refractivity contribution >= 4 is 28.5 Å². The first kappa shape index (κ1) is 18.4. The summed E-state index contributed by atoms with van der Waals surface area (Å²) in [5.74, 6) is -0.263. The second-order valence-electron chi connectivity index (χ2n) is 7.10. The van der Waals surface area contributed by atoms with Gasteiger partial charge >= 0.3 is 5.69 Å². The lowest BCUT2D eigenvalue weighted by Crippen LogP contribution is -2.32. The van der Waals surface area contributed by atoms with E-state index in [1.165, 1.54) is 16.8 Å². The first-order valence-corrected chi connectivity index (χ1v) is 9.42. The summed E-state index contributed by atoms with van der Waals surface area (Å²) in [6.45, 7) is 1.91. The van der Waals surface area contributed by atoms with Crippen LogP contribution in [0.1, 0.15) is 47.8 Å². The van der Waals surface area contributed by atoms with Gasteiger partial charge in [-0.25, -0.2) is 9.78 Å². The number of aromatic nitrogens is 3. The number of carbonyl (C=O) groups is 1. The van der Waals surface area contributed by atoms with Gasteiger partial charge in [-0.2, -0.15) is 0 Å². The summed E-state index contributed by atoms with van der Waals surface area (Å²) in [5.41, 5.74) is 0.561. The topological polar surface area (TPSA) is 88.1 Å². The highest BCUT2D eigenvalue weighted by atomic mass is 35.5. The van der Waals surface area contributed by atoms with Crippen molar-refractivity contribution in [2.24, 2.45) is 0 Å². The van der Waals surface area contributed by atoms with Crippen LogP contribution in [-0.4, -0.2) is 32.4 Å². The van der Waals surface area contributed by atoms with E-state index < -0.39 is 11.2 Å². The number of benzene rings is 1. The minimum atomic E-state index is -0.535. The van der Waals surface area contributed by atoms with Crippen LogP contribution >= 0.6 is 11.6 Å². The van der Waals surface area contributed by atoms with Crippen molar-refractivity contribution in [3.05, 3.63) is 73.5 Å². The quantitative estimate of drug-likeness (QED) is 0.731. The molecule has 1 amide bonds. The van der Waals surface area contributed by atoms with Crippen molar-refractivity contribution in [2.75, 3.05) is 7.05 Å². The molecule has 0 radical (unpaired) electrons. The van der Waals surface area contributed by atoms with Crippen LogP contribution in [-0.2, 0) is 0 Å². The van der Waals surface area contributed by atoms with Crippen LogP contribution in [0.15, 0.2) is 46.1 Å². The predicted molar refractivity (Wildman–Crippen MR) is 107 cm³/mol. The van der Waals surface area contributed by atoms with E-state index in [0.29, 0.717) is 16.2 Å². The Kier molecular flexibility index (Phi) is 4.55. The van der Waals surface area contributed by atoms with Crippen molar-refractivity contribution in [1.82, 2.24) is 19.4 Å². The minimum absolute atomic E-state index is 0.0634. The zero-order valence-corrected chi connectivity index (χ0v) is 16.2. The smallest absolute Gasteiger partial charge is 0.330 e. The number of amides is 1. The maximum atomic E-state index is 13.0. The van der Waals surface area contributed by atoms with Gasteiger partial charge in [0.1, 0.15) is 5.65 Å². The molecule has 2 heterocycles. The van der Waals surface area contributed by atoms with Gasteiger partial charge in [0.15, 0.2) is 0 Å². The molecule has 1 saturated carbocycles. The fraction of sp³-hybridized carbons (Fsp3) is 0.300. The predicted octanol–water partition coefficient (Wildman–Crippen LogP) is 2.91. The van der Waals surface area contributed by atoms with Crippen LogP contribution in [0.5, 0.6) is 0 Å². The normalized spacial score (nSPS) is 14.8. The fourth-order valence-electron chi connectivity index (χ4n) is 3.27. The highest BCUT2D eigenvalue weighted by Crippen LogP contribution is 2.34. The van der Waals surface area contributed by atoms with Crippen molar-refractivity contribution in [1.29, 1.82) is 0 Å². The maximum Gasteiger partial charge on any atom is 0.330 e. The van der Waals surface area contributed by atoms with E-state index in [1.54, 1.807) is 24.1 Å². The monoisotopic (exact) mass is 398 g/mol. The molecule has 7 nitrogen and oxygen atoms in total. The molecule has 4 rings (SSSR count). The van der Waals surface area contributed by atoms with Crippen LogP contribution in [0.2, 0.25) is 5.02 Å². The fourth-order valence-corrected chi connectivity index (χ4v) is 3.40. The molecule has 1 aliphatic carbocycles. The molecule has 1 aliphatic rings. The zero-order valence-electron chi connectivity index (χ0n) is 15.5. The Bertz CT molecular complexity index is 1180. The Morgan fingerprint density at radius 1 is 1.29 bits per heavy atom. The maximum absolute atomic E-state index is 13.0. The molecule has 0 bridgehead atoms. The molecular formula is C20H19ClN4O3. The molecule has 1 aromatic carbocycles. The molecule has 8 heteroatoms. The Morgan fingerprint density at radius 3 is 2.61 bits per heavy atom. The summed E-state index contributed by atoms with van der Waals surface area (Å²) in [6.07, 6.45) is 3.18. The Morgan fingerprint density at radius 2 is 1.96 bits per heavy atom. The van der Waals surface area contributed by atoms with Crippen molar-refractivity contribution in [2.45, 2.75) is 31.8 Å². The summed E-state index contributed by atoms with van der Waals surface area (Å²) < 4.78 is 1.50. The van der Waals surface area contributed by atoms with E-state index in [4.69, 9.17) is 11.6 Å². The second-order valence-corrected chi connectivity index (χ2v) is 7.54. The Hall–Kier alpha value is -2.93. The van der Waals surface area contributed by atoms with Gasteiger partial charge in [-0.05, 0) is 43.5 Å². The summed E-state index contributed by atoms with van der Waals surface area (Å²) in [4.78, 5) is 45.6. The number of nitrogens with zero attached hydrogens (tertiary/aromatic N) is 3. The third-order valence-electron chi connectivity index (χ3n) is 5.19. The molecule has 1 atom stereocenters. The van der Waals surface area contributed by atoms with E-state index in [0.717, 1.165) is 18.4 Å². The standard InChI is InChI=1S/C20H19ClN4O3/c1-11(12-3-5-14(21)6-4-12)24(2)19(27)13-9-16-17(22-10-13)25(15-7-8-15)20(28)23-18(16)26/h3-6,9-11,15H,7-8H2,1-2H3,(H,23,26,28). The Labute approximate surface area is 165 Å². The molecule has 1 fully saturated rings. The van der Waals surface area contributed by atoms with E-state index in [-0.39, 0.29) is 23.4 Å². The lowest BCUT2D eigenvalue weighted by atomic mass is 10.1. The molecule has 1 unspecified atom stereocenters. The number of rotatable bonds is 4. The molecule has 144 valence electrons. The van der Waals surface area contributed by atoms with Crippen LogP contribution in [0, 0.1) is 0 Å². The van der Waals surface area contributed by atoms with Gasteiger partial charge < -0.3 is 4.90 Å². The molecule has 2 aromatic heterocycles. The van der Waals surface area contributed by atoms with Gasteiger partial charge in [0.05, 0.1) is 17.0 Å². The zero-order chi connectivity index (χ0) is 20.0. The summed E-state index contributed by atoms with van der Waals surface area (Å²) >= 11 is 5.93. The van der Waals surface area contributed by atoms with E-state index >= 15 is 0 Å². The lowest BCUT2D eigenvalue weighted by molar-refractivity contribution is 0.0742. The minimum Gasteiger partial charge on any atom is -0.335 e. The van der Waals surface area contributed by atoms with E-state index in [2.05, 4.69) is 9.97 Å². The summed E-state index contributed by atoms with van der Waals surface area (Å²) in [5, 5.41) is 0.870. The third-order valence-corrected chi connectivity index (χ3v) is 5.44. The molecule has 0 aliphatic heterocycles. The van der Waals surface area contributed by atoms with Crippen LogP contribution < -0.4 is 11.2 Å². The van der Waals surface area contributed by atoms with Gasteiger partial charge in [-0.15, -0.1) is 0 Å². The summed E-state index contributed by atoms with van der Waals surface area (Å²) in [6, 6.07) is 8.67. The number of fused-ring (bicyclic) bond motifs is 1. The van der Waals surface area contributed by atoms with Gasteiger partial charge in [-0.3, -0.25) is 19.1 Å². The van der Waals surface area contributed by atoms with Crippen molar-refractivity contribution < 1.29 is 4.79 Å². The lowest BCUT2D eigenvalue weighted by Gasteiger charge is -2.25. The molecular weight excluding hydrogens is 380 g/mol. The van der Waals surface area contributed by atoms with Crippen molar-refractivity contribution in [3.63, 3.8) is 0 Å². The number of nitrogens with one attached hydrogen (secondary N) is 1. The largest absolute Gasteiger partial charge is 0.335 e. The average Bonchev–Trinajstić information content (AvgIpc) is 3.51. The van der Waals surface area contributed by atoms with Crippen LogP contribution in [0.4, 0.5) is 0 Å². The van der Waals surface area contributed by atoms with Crippen LogP contribution in [0.3, 0.4) is 0 Å². The molecule has 0 saturated heterocycles. The number of aromatic amines is 1. The SMILES string of the molecule is CC(c1ccc(Cl)cc1)N(C)C(=O)c1cnc2c(c1)c(=O)[nH]c(=O)n2C1CC1.